The third-order valence-electron chi connectivity index (χ3n) is 3.05. The molecular weight excluding hydrogens is 300 g/mol. The van der Waals surface area contributed by atoms with Crippen LogP contribution in [0.2, 0.25) is 0 Å². The lowest BCUT2D eigenvalue weighted by atomic mass is 10.0. The van der Waals surface area contributed by atoms with Crippen LogP contribution in [0.5, 0.6) is 0 Å². The van der Waals surface area contributed by atoms with Crippen molar-refractivity contribution in [3.05, 3.63) is 48.4 Å². The second kappa shape index (κ2) is 7.38. The zero-order valence-electron chi connectivity index (χ0n) is 12.6. The number of benzene rings is 1. The Labute approximate surface area is 134 Å². The van der Waals surface area contributed by atoms with Crippen LogP contribution in [-0.4, -0.2) is 23.4 Å². The smallest absolute Gasteiger partial charge is 0.319 e. The van der Waals surface area contributed by atoms with Crippen molar-refractivity contribution in [1.82, 2.24) is 5.32 Å². The van der Waals surface area contributed by atoms with E-state index in [0.717, 1.165) is 10.6 Å². The molecule has 0 spiro atoms. The fourth-order valence-corrected chi connectivity index (χ4v) is 2.65. The van der Waals surface area contributed by atoms with Crippen LogP contribution in [0.25, 0.3) is 0 Å². The van der Waals surface area contributed by atoms with Crippen molar-refractivity contribution in [3.63, 3.8) is 0 Å². The van der Waals surface area contributed by atoms with Gasteiger partial charge in [0.25, 0.3) is 0 Å². The van der Waals surface area contributed by atoms with Gasteiger partial charge >= 0.3 is 6.03 Å². The summed E-state index contributed by atoms with van der Waals surface area (Å²) in [5, 5.41) is 15.7. The number of hydrogen-bond acceptors (Lipinski definition) is 4. The number of hydrogen-bond donors (Lipinski definition) is 3. The number of rotatable bonds is 6. The Bertz CT molecular complexity index is 612. The van der Waals surface area contributed by atoms with E-state index in [4.69, 9.17) is 4.42 Å². The zero-order chi connectivity index (χ0) is 16.0. The molecule has 1 unspecified atom stereocenters. The van der Waals surface area contributed by atoms with E-state index in [1.807, 2.05) is 24.3 Å². The molecule has 0 saturated carbocycles. The van der Waals surface area contributed by atoms with E-state index < -0.39 is 5.60 Å². The molecule has 1 aromatic carbocycles. The number of anilines is 1. The highest BCUT2D eigenvalue weighted by molar-refractivity contribution is 7.99. The molecule has 2 rings (SSSR count). The Kier molecular flexibility index (Phi) is 5.51. The molecule has 1 aromatic heterocycles. The molecule has 0 aliphatic rings. The highest BCUT2D eigenvalue weighted by Crippen LogP contribution is 2.22. The number of thioether (sulfide) groups is 1. The van der Waals surface area contributed by atoms with Crippen LogP contribution in [0.3, 0.4) is 0 Å². The summed E-state index contributed by atoms with van der Waals surface area (Å²) in [6.45, 7) is 3.72. The van der Waals surface area contributed by atoms with Gasteiger partial charge < -0.3 is 20.2 Å². The lowest BCUT2D eigenvalue weighted by Gasteiger charge is -2.21. The molecule has 0 radical (unpaired) electrons. The number of carbonyl (C=O) groups excluding carboxylic acids is 1. The summed E-state index contributed by atoms with van der Waals surface area (Å²) in [5.74, 6) is 1.39. The Morgan fingerprint density at radius 2 is 2.18 bits per heavy atom. The molecule has 1 atom stereocenters. The predicted octanol–water partition coefficient (Wildman–Crippen LogP) is 3.42. The predicted molar refractivity (Wildman–Crippen MR) is 88.1 cm³/mol. The van der Waals surface area contributed by atoms with E-state index in [1.165, 1.54) is 6.26 Å². The van der Waals surface area contributed by atoms with E-state index in [0.29, 0.717) is 11.4 Å². The third kappa shape index (κ3) is 4.54. The number of aliphatic hydroxyl groups is 1. The summed E-state index contributed by atoms with van der Waals surface area (Å²) in [5.41, 5.74) is -0.533. The average Bonchev–Trinajstić information content (AvgIpc) is 3.01. The molecule has 6 heteroatoms. The zero-order valence-corrected chi connectivity index (χ0v) is 13.4. The number of furan rings is 1. The molecule has 5 nitrogen and oxygen atoms in total. The standard InChI is InChI=1S/C16H20N2O3S/c1-3-22-13-7-4-6-12(10-13)18-15(19)17-11-16(2,20)14-8-5-9-21-14/h4-10,20H,3,11H2,1-2H3,(H2,17,18,19). The van der Waals surface area contributed by atoms with E-state index >= 15 is 0 Å². The van der Waals surface area contributed by atoms with E-state index in [1.54, 1.807) is 30.8 Å². The minimum absolute atomic E-state index is 0.0513. The van der Waals surface area contributed by atoms with Crippen LogP contribution < -0.4 is 10.6 Å². The van der Waals surface area contributed by atoms with Gasteiger partial charge in [-0.1, -0.05) is 13.0 Å². The Balaban J connectivity index is 1.89. The fraction of sp³-hybridized carbons (Fsp3) is 0.312. The molecule has 0 fully saturated rings. The molecular formula is C16H20N2O3S. The molecule has 0 aliphatic carbocycles. The number of carbonyl (C=O) groups is 1. The van der Waals surface area contributed by atoms with Gasteiger partial charge in [-0.3, -0.25) is 0 Å². The van der Waals surface area contributed by atoms with Crippen molar-refractivity contribution in [3.8, 4) is 0 Å². The summed E-state index contributed by atoms with van der Waals surface area (Å²) in [4.78, 5) is 13.0. The fourth-order valence-electron chi connectivity index (χ4n) is 1.93. The van der Waals surface area contributed by atoms with Crippen molar-refractivity contribution >= 4 is 23.5 Å². The molecule has 1 heterocycles. The number of nitrogens with one attached hydrogen (secondary N) is 2. The van der Waals surface area contributed by atoms with Crippen molar-refractivity contribution < 1.29 is 14.3 Å². The first kappa shape index (κ1) is 16.5. The van der Waals surface area contributed by atoms with Crippen LogP contribution in [0.1, 0.15) is 19.6 Å². The SMILES string of the molecule is CCSc1cccc(NC(=O)NCC(C)(O)c2ccco2)c1. The monoisotopic (exact) mass is 320 g/mol. The molecule has 118 valence electrons. The maximum atomic E-state index is 11.9. The Hall–Kier alpha value is -1.92. The van der Waals surface area contributed by atoms with Gasteiger partial charge in [0.2, 0.25) is 0 Å². The maximum Gasteiger partial charge on any atom is 0.319 e. The second-order valence-electron chi connectivity index (χ2n) is 5.02. The van der Waals surface area contributed by atoms with E-state index in [-0.39, 0.29) is 12.6 Å². The van der Waals surface area contributed by atoms with Crippen molar-refractivity contribution in [2.75, 3.05) is 17.6 Å². The third-order valence-corrected chi connectivity index (χ3v) is 3.92. The Morgan fingerprint density at radius 1 is 1.36 bits per heavy atom. The van der Waals surface area contributed by atoms with Crippen LogP contribution in [0, 0.1) is 0 Å². The van der Waals surface area contributed by atoms with Gasteiger partial charge in [-0.15, -0.1) is 11.8 Å². The highest BCUT2D eigenvalue weighted by atomic mass is 32.2. The van der Waals surface area contributed by atoms with Crippen molar-refractivity contribution in [2.45, 2.75) is 24.3 Å². The number of urea groups is 1. The normalized spacial score (nSPS) is 13.4. The van der Waals surface area contributed by atoms with E-state index in [9.17, 15) is 9.90 Å². The van der Waals surface area contributed by atoms with Crippen molar-refractivity contribution in [2.24, 2.45) is 0 Å². The molecule has 2 amide bonds. The molecule has 3 N–H and O–H groups in total. The van der Waals surface area contributed by atoms with Gasteiger partial charge in [0.05, 0.1) is 12.8 Å². The van der Waals surface area contributed by atoms with Crippen LogP contribution in [-0.2, 0) is 5.60 Å². The van der Waals surface area contributed by atoms with Gasteiger partial charge in [0.15, 0.2) is 0 Å². The minimum Gasteiger partial charge on any atom is -0.466 e. The molecule has 0 aliphatic heterocycles. The summed E-state index contributed by atoms with van der Waals surface area (Å²) >= 11 is 1.71. The first-order chi connectivity index (χ1) is 10.5. The lowest BCUT2D eigenvalue weighted by Crippen LogP contribution is -2.40. The molecule has 2 aromatic rings. The molecule has 0 saturated heterocycles. The first-order valence-electron chi connectivity index (χ1n) is 7.05. The Morgan fingerprint density at radius 3 is 2.86 bits per heavy atom. The van der Waals surface area contributed by atoms with Crippen LogP contribution in [0.4, 0.5) is 10.5 Å². The average molecular weight is 320 g/mol. The largest absolute Gasteiger partial charge is 0.466 e. The van der Waals surface area contributed by atoms with Gasteiger partial charge in [-0.05, 0) is 43.0 Å². The quantitative estimate of drug-likeness (QED) is 0.713. The first-order valence-corrected chi connectivity index (χ1v) is 8.04. The summed E-state index contributed by atoms with van der Waals surface area (Å²) in [6, 6.07) is 10.6. The molecule has 22 heavy (non-hydrogen) atoms. The minimum atomic E-state index is -1.25. The summed E-state index contributed by atoms with van der Waals surface area (Å²) in [6.07, 6.45) is 1.49. The van der Waals surface area contributed by atoms with Gasteiger partial charge in [-0.25, -0.2) is 4.79 Å². The molecule has 0 bridgehead atoms. The van der Waals surface area contributed by atoms with Gasteiger partial charge in [-0.2, -0.15) is 0 Å². The number of amides is 2. The highest BCUT2D eigenvalue weighted by Gasteiger charge is 2.26. The topological polar surface area (TPSA) is 74.5 Å². The van der Waals surface area contributed by atoms with Crippen LogP contribution >= 0.6 is 11.8 Å². The summed E-state index contributed by atoms with van der Waals surface area (Å²) in [7, 11) is 0. The lowest BCUT2D eigenvalue weighted by molar-refractivity contribution is 0.0372. The second-order valence-corrected chi connectivity index (χ2v) is 6.36. The van der Waals surface area contributed by atoms with Gasteiger partial charge in [0, 0.05) is 10.6 Å². The van der Waals surface area contributed by atoms with Crippen molar-refractivity contribution in [1.29, 1.82) is 0 Å². The van der Waals surface area contributed by atoms with Crippen LogP contribution in [0.15, 0.2) is 52.0 Å². The van der Waals surface area contributed by atoms with Gasteiger partial charge in [0.1, 0.15) is 11.4 Å². The van der Waals surface area contributed by atoms with E-state index in [2.05, 4.69) is 17.6 Å². The summed E-state index contributed by atoms with van der Waals surface area (Å²) < 4.78 is 5.17. The maximum absolute atomic E-state index is 11.9.